The van der Waals surface area contributed by atoms with E-state index in [2.05, 4.69) is 24.0 Å². The predicted molar refractivity (Wildman–Crippen MR) is 89.9 cm³/mol. The van der Waals surface area contributed by atoms with E-state index in [1.165, 1.54) is 57.3 Å². The molecule has 1 saturated heterocycles. The Bertz CT molecular complexity index is 412. The Morgan fingerprint density at radius 2 is 1.90 bits per heavy atom. The number of aryl methyl sites for hydroxylation is 1. The van der Waals surface area contributed by atoms with Gasteiger partial charge in [0.1, 0.15) is 5.75 Å². The zero-order valence-electron chi connectivity index (χ0n) is 13.4. The summed E-state index contributed by atoms with van der Waals surface area (Å²) in [6.45, 7) is 6.62. The molecule has 0 amide bonds. The maximum atomic E-state index is 6.06. The van der Waals surface area contributed by atoms with Gasteiger partial charge in [-0.2, -0.15) is 0 Å². The van der Waals surface area contributed by atoms with Crippen LogP contribution in [0.25, 0.3) is 0 Å². The highest BCUT2D eigenvalue weighted by atomic mass is 16.5. The Balaban J connectivity index is 1.76. The van der Waals surface area contributed by atoms with E-state index < -0.39 is 0 Å². The molecule has 0 unspecified atom stereocenters. The van der Waals surface area contributed by atoms with Crippen LogP contribution in [0.3, 0.4) is 0 Å². The van der Waals surface area contributed by atoms with E-state index in [-0.39, 0.29) is 0 Å². The molecule has 0 aromatic heterocycles. The first kappa shape index (κ1) is 16.2. The number of rotatable bonds is 7. The first-order valence-electron chi connectivity index (χ1n) is 8.53. The molecule has 0 radical (unpaired) electrons. The fourth-order valence-electron chi connectivity index (χ4n) is 2.96. The van der Waals surface area contributed by atoms with Crippen molar-refractivity contribution in [3.8, 4) is 5.75 Å². The van der Waals surface area contributed by atoms with Crippen molar-refractivity contribution < 1.29 is 4.74 Å². The molecule has 0 atom stereocenters. The van der Waals surface area contributed by atoms with Crippen LogP contribution in [0.1, 0.15) is 51.0 Å². The average Bonchev–Trinajstić information content (AvgIpc) is 2.75. The molecular weight excluding hydrogens is 260 g/mol. The van der Waals surface area contributed by atoms with E-state index in [0.717, 1.165) is 30.9 Å². The van der Waals surface area contributed by atoms with Gasteiger partial charge in [0.05, 0.1) is 12.3 Å². The SMILES string of the molecule is CCCOc1ccc(CCCN2CCCCCC2)cc1N. The molecule has 21 heavy (non-hydrogen) atoms. The lowest BCUT2D eigenvalue weighted by Crippen LogP contribution is -2.26. The molecule has 3 heteroatoms. The second-order valence-electron chi connectivity index (χ2n) is 6.08. The topological polar surface area (TPSA) is 38.5 Å². The Labute approximate surface area is 129 Å². The Kier molecular flexibility index (Phi) is 6.87. The summed E-state index contributed by atoms with van der Waals surface area (Å²) in [5.41, 5.74) is 8.16. The van der Waals surface area contributed by atoms with Crippen LogP contribution in [0.4, 0.5) is 5.69 Å². The molecule has 1 aromatic rings. The number of ether oxygens (including phenoxy) is 1. The van der Waals surface area contributed by atoms with Crippen molar-refractivity contribution in [2.45, 2.75) is 51.9 Å². The van der Waals surface area contributed by atoms with E-state index in [0.29, 0.717) is 0 Å². The van der Waals surface area contributed by atoms with Gasteiger partial charge in [-0.1, -0.05) is 25.8 Å². The summed E-state index contributed by atoms with van der Waals surface area (Å²) in [5, 5.41) is 0. The third-order valence-corrected chi connectivity index (χ3v) is 4.17. The molecule has 0 spiro atoms. The molecule has 0 aliphatic carbocycles. The standard InChI is InChI=1S/C18H30N2O/c1-2-14-21-18-10-9-16(15-17(18)19)8-7-13-20-11-5-3-4-6-12-20/h9-10,15H,2-8,11-14,19H2,1H3. The minimum atomic E-state index is 0.735. The molecular formula is C18H30N2O. The normalized spacial score (nSPS) is 16.6. The second kappa shape index (κ2) is 8.93. The zero-order chi connectivity index (χ0) is 14.9. The summed E-state index contributed by atoms with van der Waals surface area (Å²) >= 11 is 0. The number of anilines is 1. The van der Waals surface area contributed by atoms with Crippen molar-refractivity contribution in [1.82, 2.24) is 4.90 Å². The molecule has 0 bridgehead atoms. The first-order chi connectivity index (χ1) is 10.3. The highest BCUT2D eigenvalue weighted by Crippen LogP contribution is 2.23. The van der Waals surface area contributed by atoms with Gasteiger partial charge in [0.25, 0.3) is 0 Å². The van der Waals surface area contributed by atoms with Crippen molar-refractivity contribution in [3.63, 3.8) is 0 Å². The van der Waals surface area contributed by atoms with Crippen LogP contribution in [0, 0.1) is 0 Å². The van der Waals surface area contributed by atoms with Crippen molar-refractivity contribution in [3.05, 3.63) is 23.8 Å². The predicted octanol–water partition coefficient (Wildman–Crippen LogP) is 3.87. The van der Waals surface area contributed by atoms with E-state index in [1.807, 2.05) is 6.07 Å². The number of hydrogen-bond acceptors (Lipinski definition) is 3. The molecule has 1 aromatic carbocycles. The minimum Gasteiger partial charge on any atom is -0.491 e. The van der Waals surface area contributed by atoms with Gasteiger partial charge in [-0.15, -0.1) is 0 Å². The van der Waals surface area contributed by atoms with E-state index >= 15 is 0 Å². The van der Waals surface area contributed by atoms with Gasteiger partial charge in [-0.25, -0.2) is 0 Å². The maximum absolute atomic E-state index is 6.06. The smallest absolute Gasteiger partial charge is 0.142 e. The first-order valence-corrected chi connectivity index (χ1v) is 8.53. The quantitative estimate of drug-likeness (QED) is 0.775. The summed E-state index contributed by atoms with van der Waals surface area (Å²) in [7, 11) is 0. The van der Waals surface area contributed by atoms with Gasteiger partial charge in [0.2, 0.25) is 0 Å². The Morgan fingerprint density at radius 3 is 2.57 bits per heavy atom. The van der Waals surface area contributed by atoms with Crippen LogP contribution < -0.4 is 10.5 Å². The van der Waals surface area contributed by atoms with E-state index in [9.17, 15) is 0 Å². The average molecular weight is 290 g/mol. The maximum Gasteiger partial charge on any atom is 0.142 e. The number of nitrogen functional groups attached to an aromatic ring is 1. The van der Waals surface area contributed by atoms with Gasteiger partial charge in [0.15, 0.2) is 0 Å². The Morgan fingerprint density at radius 1 is 1.14 bits per heavy atom. The molecule has 1 aliphatic heterocycles. The fraction of sp³-hybridized carbons (Fsp3) is 0.667. The number of hydrogen-bond donors (Lipinski definition) is 1. The van der Waals surface area contributed by atoms with Crippen molar-refractivity contribution in [2.75, 3.05) is 32.0 Å². The molecule has 2 rings (SSSR count). The molecule has 2 N–H and O–H groups in total. The number of nitrogens with zero attached hydrogens (tertiary/aromatic N) is 1. The van der Waals surface area contributed by atoms with E-state index in [4.69, 9.17) is 10.5 Å². The summed E-state index contributed by atoms with van der Waals surface area (Å²) in [4.78, 5) is 2.62. The van der Waals surface area contributed by atoms with Crippen molar-refractivity contribution in [2.24, 2.45) is 0 Å². The monoisotopic (exact) mass is 290 g/mol. The minimum absolute atomic E-state index is 0.735. The molecule has 1 fully saturated rings. The van der Waals surface area contributed by atoms with Crippen LogP contribution in [0.5, 0.6) is 5.75 Å². The summed E-state index contributed by atoms with van der Waals surface area (Å²) < 4.78 is 5.62. The number of nitrogens with two attached hydrogens (primary N) is 1. The third-order valence-electron chi connectivity index (χ3n) is 4.17. The van der Waals surface area contributed by atoms with Crippen LogP contribution in [0.2, 0.25) is 0 Å². The molecule has 1 aliphatic rings. The molecule has 0 saturated carbocycles. The third kappa shape index (κ3) is 5.58. The lowest BCUT2D eigenvalue weighted by atomic mass is 10.1. The van der Waals surface area contributed by atoms with Crippen LogP contribution in [-0.4, -0.2) is 31.1 Å². The molecule has 1 heterocycles. The lowest BCUT2D eigenvalue weighted by molar-refractivity contribution is 0.281. The van der Waals surface area contributed by atoms with Gasteiger partial charge in [-0.05, 0) is 69.4 Å². The summed E-state index contributed by atoms with van der Waals surface area (Å²) in [6, 6.07) is 6.25. The number of likely N-dealkylation sites (tertiary alicyclic amines) is 1. The van der Waals surface area contributed by atoms with Gasteiger partial charge in [-0.3, -0.25) is 0 Å². The molecule has 118 valence electrons. The number of benzene rings is 1. The van der Waals surface area contributed by atoms with Crippen molar-refractivity contribution in [1.29, 1.82) is 0 Å². The van der Waals surface area contributed by atoms with Crippen LogP contribution in [0.15, 0.2) is 18.2 Å². The molecule has 3 nitrogen and oxygen atoms in total. The van der Waals surface area contributed by atoms with E-state index in [1.54, 1.807) is 0 Å². The summed E-state index contributed by atoms with van der Waals surface area (Å²) in [6.07, 6.45) is 8.89. The van der Waals surface area contributed by atoms with Crippen LogP contribution >= 0.6 is 0 Å². The van der Waals surface area contributed by atoms with Gasteiger partial charge < -0.3 is 15.4 Å². The highest BCUT2D eigenvalue weighted by molar-refractivity contribution is 5.54. The fourth-order valence-corrected chi connectivity index (χ4v) is 2.96. The Hall–Kier alpha value is -1.22. The largest absolute Gasteiger partial charge is 0.491 e. The highest BCUT2D eigenvalue weighted by Gasteiger charge is 2.08. The summed E-state index contributed by atoms with van der Waals surface area (Å²) in [5.74, 6) is 0.827. The lowest BCUT2D eigenvalue weighted by Gasteiger charge is -2.19. The van der Waals surface area contributed by atoms with Gasteiger partial charge in [0, 0.05) is 0 Å². The zero-order valence-corrected chi connectivity index (χ0v) is 13.4. The van der Waals surface area contributed by atoms with Crippen LogP contribution in [-0.2, 0) is 6.42 Å². The van der Waals surface area contributed by atoms with Crippen molar-refractivity contribution >= 4 is 5.69 Å². The van der Waals surface area contributed by atoms with Gasteiger partial charge >= 0.3 is 0 Å². The second-order valence-corrected chi connectivity index (χ2v) is 6.08.